The number of hydrogen-bond acceptors (Lipinski definition) is 4. The van der Waals surface area contributed by atoms with E-state index in [1.54, 1.807) is 11.3 Å². The van der Waals surface area contributed by atoms with Crippen LogP contribution in [0.1, 0.15) is 29.8 Å². The summed E-state index contributed by atoms with van der Waals surface area (Å²) >= 11 is 1.65. The van der Waals surface area contributed by atoms with Gasteiger partial charge in [0.2, 0.25) is 0 Å². The second kappa shape index (κ2) is 4.94. The van der Waals surface area contributed by atoms with E-state index in [1.807, 2.05) is 13.2 Å². The van der Waals surface area contributed by atoms with Gasteiger partial charge in [0.25, 0.3) is 0 Å². The Morgan fingerprint density at radius 3 is 2.76 bits per heavy atom. The maximum Gasteiger partial charge on any atom is 0.142 e. The predicted molar refractivity (Wildman–Crippen MR) is 72.3 cm³/mol. The third-order valence-electron chi connectivity index (χ3n) is 2.82. The van der Waals surface area contributed by atoms with Gasteiger partial charge in [0.05, 0.1) is 5.69 Å². The number of hydrogen-bond donors (Lipinski definition) is 1. The molecule has 1 N–H and O–H groups in total. The quantitative estimate of drug-likeness (QED) is 0.905. The first-order valence-electron chi connectivity index (χ1n) is 5.68. The third-order valence-corrected chi connectivity index (χ3v) is 3.68. The summed E-state index contributed by atoms with van der Waals surface area (Å²) in [5.41, 5.74) is 4.44. The molecule has 0 spiro atoms. The van der Waals surface area contributed by atoms with Gasteiger partial charge in [-0.15, -0.1) is 11.3 Å². The number of thiazole rings is 1. The van der Waals surface area contributed by atoms with Crippen molar-refractivity contribution in [1.29, 1.82) is 0 Å². The van der Waals surface area contributed by atoms with Gasteiger partial charge in [-0.25, -0.2) is 4.98 Å². The van der Waals surface area contributed by atoms with E-state index in [-0.39, 0.29) is 6.04 Å². The zero-order valence-electron chi connectivity index (χ0n) is 10.6. The van der Waals surface area contributed by atoms with E-state index in [2.05, 4.69) is 47.5 Å². The Kier molecular flexibility index (Phi) is 3.54. The van der Waals surface area contributed by atoms with Crippen molar-refractivity contribution in [3.8, 4) is 10.7 Å². The van der Waals surface area contributed by atoms with E-state index >= 15 is 0 Å². The van der Waals surface area contributed by atoms with Gasteiger partial charge >= 0.3 is 0 Å². The van der Waals surface area contributed by atoms with Crippen LogP contribution in [0.2, 0.25) is 0 Å². The number of pyridine rings is 1. The van der Waals surface area contributed by atoms with Gasteiger partial charge in [-0.05, 0) is 38.9 Å². The van der Waals surface area contributed by atoms with Crippen LogP contribution in [0.3, 0.4) is 0 Å². The Bertz CT molecular complexity index is 519. The van der Waals surface area contributed by atoms with Crippen molar-refractivity contribution < 1.29 is 0 Å². The zero-order valence-corrected chi connectivity index (χ0v) is 11.4. The smallest absolute Gasteiger partial charge is 0.142 e. The molecular weight excluding hydrogens is 230 g/mol. The van der Waals surface area contributed by atoms with Crippen LogP contribution in [0.4, 0.5) is 0 Å². The fourth-order valence-corrected chi connectivity index (χ4v) is 2.65. The topological polar surface area (TPSA) is 37.8 Å². The highest BCUT2D eigenvalue weighted by molar-refractivity contribution is 7.13. The van der Waals surface area contributed by atoms with Gasteiger partial charge in [0, 0.05) is 17.6 Å². The van der Waals surface area contributed by atoms with Crippen molar-refractivity contribution in [3.05, 3.63) is 34.5 Å². The number of rotatable bonds is 3. The molecule has 0 aliphatic rings. The van der Waals surface area contributed by atoms with Crippen molar-refractivity contribution in [2.24, 2.45) is 0 Å². The SMILES string of the molecule is CNC(C)c1csc(-c2ncc(C)cc2C)n1. The van der Waals surface area contributed by atoms with Crippen LogP contribution in [0.15, 0.2) is 17.6 Å². The molecule has 0 saturated heterocycles. The van der Waals surface area contributed by atoms with Gasteiger partial charge in [0.1, 0.15) is 10.7 Å². The van der Waals surface area contributed by atoms with E-state index in [4.69, 9.17) is 0 Å². The maximum absolute atomic E-state index is 4.64. The van der Waals surface area contributed by atoms with Crippen LogP contribution in [-0.4, -0.2) is 17.0 Å². The summed E-state index contributed by atoms with van der Waals surface area (Å²) in [4.78, 5) is 9.11. The summed E-state index contributed by atoms with van der Waals surface area (Å²) in [6.07, 6.45) is 1.89. The maximum atomic E-state index is 4.64. The van der Waals surface area contributed by atoms with Crippen molar-refractivity contribution in [1.82, 2.24) is 15.3 Å². The highest BCUT2D eigenvalue weighted by Crippen LogP contribution is 2.27. The van der Waals surface area contributed by atoms with Crippen LogP contribution < -0.4 is 5.32 Å². The summed E-state index contributed by atoms with van der Waals surface area (Å²) in [5.74, 6) is 0. The molecule has 17 heavy (non-hydrogen) atoms. The molecule has 2 aromatic heterocycles. The zero-order chi connectivity index (χ0) is 12.4. The highest BCUT2D eigenvalue weighted by Gasteiger charge is 2.11. The molecule has 0 aliphatic heterocycles. The number of aryl methyl sites for hydroxylation is 2. The standard InChI is InChI=1S/C13H17N3S/c1-8-5-9(2)12(15-6-8)13-16-11(7-17-13)10(3)14-4/h5-7,10,14H,1-4H3. The predicted octanol–water partition coefficient (Wildman–Crippen LogP) is 3.10. The largest absolute Gasteiger partial charge is 0.312 e. The fraction of sp³-hybridized carbons (Fsp3) is 0.385. The van der Waals surface area contributed by atoms with Gasteiger partial charge in [-0.1, -0.05) is 6.07 Å². The summed E-state index contributed by atoms with van der Waals surface area (Å²) in [6, 6.07) is 2.43. The molecule has 0 saturated carbocycles. The van der Waals surface area contributed by atoms with Crippen LogP contribution >= 0.6 is 11.3 Å². The molecular formula is C13H17N3S. The monoisotopic (exact) mass is 247 g/mol. The Morgan fingerprint density at radius 2 is 2.12 bits per heavy atom. The lowest BCUT2D eigenvalue weighted by molar-refractivity contribution is 0.637. The lowest BCUT2D eigenvalue weighted by Gasteiger charge is -2.05. The minimum absolute atomic E-state index is 0.283. The average Bonchev–Trinajstić information content (AvgIpc) is 2.77. The molecule has 3 nitrogen and oxygen atoms in total. The molecule has 90 valence electrons. The number of nitrogens with zero attached hydrogens (tertiary/aromatic N) is 2. The van der Waals surface area contributed by atoms with E-state index in [0.717, 1.165) is 16.4 Å². The number of aromatic nitrogens is 2. The van der Waals surface area contributed by atoms with E-state index in [1.165, 1.54) is 11.1 Å². The van der Waals surface area contributed by atoms with E-state index in [9.17, 15) is 0 Å². The van der Waals surface area contributed by atoms with Gasteiger partial charge in [0.15, 0.2) is 0 Å². The Morgan fingerprint density at radius 1 is 1.35 bits per heavy atom. The van der Waals surface area contributed by atoms with Crippen molar-refractivity contribution in [3.63, 3.8) is 0 Å². The lowest BCUT2D eigenvalue weighted by Crippen LogP contribution is -2.12. The van der Waals surface area contributed by atoms with Crippen molar-refractivity contribution in [2.75, 3.05) is 7.05 Å². The van der Waals surface area contributed by atoms with Gasteiger partial charge in [-0.2, -0.15) is 0 Å². The molecule has 0 radical (unpaired) electrons. The third kappa shape index (κ3) is 2.53. The Labute approximate surface area is 106 Å². The fourth-order valence-electron chi connectivity index (χ4n) is 1.68. The Hall–Kier alpha value is -1.26. The molecule has 2 heterocycles. The average molecular weight is 247 g/mol. The lowest BCUT2D eigenvalue weighted by atomic mass is 10.2. The molecule has 0 aromatic carbocycles. The number of nitrogens with one attached hydrogen (secondary N) is 1. The van der Waals surface area contributed by atoms with Gasteiger partial charge in [-0.3, -0.25) is 4.98 Å². The minimum Gasteiger partial charge on any atom is -0.312 e. The molecule has 2 aromatic rings. The summed E-state index contributed by atoms with van der Waals surface area (Å²) in [5, 5.41) is 6.29. The van der Waals surface area contributed by atoms with Crippen LogP contribution in [0.25, 0.3) is 10.7 Å². The van der Waals surface area contributed by atoms with Gasteiger partial charge < -0.3 is 5.32 Å². The van der Waals surface area contributed by atoms with E-state index in [0.29, 0.717) is 0 Å². The molecule has 1 unspecified atom stereocenters. The molecule has 0 amide bonds. The molecule has 2 rings (SSSR count). The molecule has 0 fully saturated rings. The first-order chi connectivity index (χ1) is 8.11. The second-order valence-electron chi connectivity index (χ2n) is 4.27. The van der Waals surface area contributed by atoms with Crippen molar-refractivity contribution >= 4 is 11.3 Å². The minimum atomic E-state index is 0.283. The second-order valence-corrected chi connectivity index (χ2v) is 5.12. The first kappa shape index (κ1) is 12.2. The van der Waals surface area contributed by atoms with Crippen LogP contribution in [-0.2, 0) is 0 Å². The van der Waals surface area contributed by atoms with Crippen LogP contribution in [0.5, 0.6) is 0 Å². The summed E-state index contributed by atoms with van der Waals surface area (Å²) in [7, 11) is 1.94. The Balaban J connectivity index is 2.37. The summed E-state index contributed by atoms with van der Waals surface area (Å²) < 4.78 is 0. The molecule has 1 atom stereocenters. The molecule has 4 heteroatoms. The molecule has 0 bridgehead atoms. The molecule has 0 aliphatic carbocycles. The first-order valence-corrected chi connectivity index (χ1v) is 6.56. The van der Waals surface area contributed by atoms with Crippen LogP contribution in [0, 0.1) is 13.8 Å². The van der Waals surface area contributed by atoms with Crippen molar-refractivity contribution in [2.45, 2.75) is 26.8 Å². The highest BCUT2D eigenvalue weighted by atomic mass is 32.1. The summed E-state index contributed by atoms with van der Waals surface area (Å²) in [6.45, 7) is 6.24. The van der Waals surface area contributed by atoms with E-state index < -0.39 is 0 Å². The normalized spacial score (nSPS) is 12.7.